The van der Waals surface area contributed by atoms with E-state index in [-0.39, 0.29) is 6.10 Å². The van der Waals surface area contributed by atoms with Gasteiger partial charge >= 0.3 is 0 Å². The zero-order valence-corrected chi connectivity index (χ0v) is 17.0. The molecular weight excluding hydrogens is 362 g/mol. The molecule has 1 aliphatic heterocycles. The molecule has 2 heterocycles. The Kier molecular flexibility index (Phi) is 5.91. The zero-order valence-electron chi connectivity index (χ0n) is 17.0. The van der Waals surface area contributed by atoms with Crippen molar-refractivity contribution in [2.75, 3.05) is 26.7 Å². The number of aryl methyl sites for hydroxylation is 1. The van der Waals surface area contributed by atoms with Gasteiger partial charge in [-0.25, -0.2) is 4.68 Å². The van der Waals surface area contributed by atoms with E-state index < -0.39 is 0 Å². The number of para-hydroxylation sites is 1. The summed E-state index contributed by atoms with van der Waals surface area (Å²) in [5.74, 6) is 0.888. The topological polar surface area (TPSA) is 54.7 Å². The fraction of sp³-hybridized carbons (Fsp3) is 0.304. The van der Waals surface area contributed by atoms with Gasteiger partial charge in [-0.3, -0.25) is 4.99 Å². The number of hydrogen-bond acceptors (Lipinski definition) is 3. The van der Waals surface area contributed by atoms with Crippen LogP contribution in [0.15, 0.2) is 72.0 Å². The van der Waals surface area contributed by atoms with E-state index in [0.29, 0.717) is 13.2 Å². The number of guanidine groups is 1. The summed E-state index contributed by atoms with van der Waals surface area (Å²) in [5, 5.41) is 7.94. The van der Waals surface area contributed by atoms with Crippen molar-refractivity contribution in [3.8, 4) is 5.69 Å². The third-order valence-electron chi connectivity index (χ3n) is 5.22. The smallest absolute Gasteiger partial charge is 0.194 e. The lowest BCUT2D eigenvalue weighted by Gasteiger charge is -2.35. The van der Waals surface area contributed by atoms with E-state index in [1.54, 1.807) is 0 Å². The summed E-state index contributed by atoms with van der Waals surface area (Å²) in [5.41, 5.74) is 4.67. The maximum absolute atomic E-state index is 6.05. The Morgan fingerprint density at radius 1 is 1.17 bits per heavy atom. The van der Waals surface area contributed by atoms with Gasteiger partial charge in [-0.15, -0.1) is 0 Å². The van der Waals surface area contributed by atoms with E-state index in [9.17, 15) is 0 Å². The van der Waals surface area contributed by atoms with E-state index >= 15 is 0 Å². The van der Waals surface area contributed by atoms with E-state index in [4.69, 9.17) is 4.74 Å². The third-order valence-corrected chi connectivity index (χ3v) is 5.22. The molecular formula is C23H27N5O. The molecule has 1 N–H and O–H groups in total. The van der Waals surface area contributed by atoms with Crippen LogP contribution in [0.2, 0.25) is 0 Å². The molecule has 0 amide bonds. The summed E-state index contributed by atoms with van der Waals surface area (Å²) < 4.78 is 7.94. The van der Waals surface area contributed by atoms with Crippen LogP contribution < -0.4 is 5.32 Å². The van der Waals surface area contributed by atoms with Crippen molar-refractivity contribution in [2.24, 2.45) is 4.99 Å². The lowest BCUT2D eigenvalue weighted by Crippen LogP contribution is -2.48. The van der Waals surface area contributed by atoms with Gasteiger partial charge in [0.1, 0.15) is 6.10 Å². The van der Waals surface area contributed by atoms with Crippen molar-refractivity contribution in [2.45, 2.75) is 19.6 Å². The number of morpholine rings is 1. The number of benzene rings is 2. The summed E-state index contributed by atoms with van der Waals surface area (Å²) in [4.78, 5) is 6.76. The molecule has 29 heavy (non-hydrogen) atoms. The summed E-state index contributed by atoms with van der Waals surface area (Å²) in [7, 11) is 1.83. The second kappa shape index (κ2) is 8.92. The molecule has 4 rings (SSSR count). The third kappa shape index (κ3) is 4.49. The average molecular weight is 390 g/mol. The van der Waals surface area contributed by atoms with Crippen LogP contribution >= 0.6 is 0 Å². The molecule has 0 spiro atoms. The minimum absolute atomic E-state index is 0.0596. The lowest BCUT2D eigenvalue weighted by molar-refractivity contribution is -0.00833. The van der Waals surface area contributed by atoms with Crippen LogP contribution in [0.5, 0.6) is 0 Å². The first-order valence-electron chi connectivity index (χ1n) is 9.96. The van der Waals surface area contributed by atoms with Crippen molar-refractivity contribution in [3.63, 3.8) is 0 Å². The summed E-state index contributed by atoms with van der Waals surface area (Å²) in [6.45, 7) is 5.10. The van der Waals surface area contributed by atoms with Gasteiger partial charge in [0, 0.05) is 31.9 Å². The van der Waals surface area contributed by atoms with Crippen molar-refractivity contribution in [1.29, 1.82) is 0 Å². The molecule has 6 heteroatoms. The molecule has 1 aromatic heterocycles. The first-order chi connectivity index (χ1) is 14.2. The first kappa shape index (κ1) is 19.2. The number of ether oxygens (including phenoxy) is 1. The molecule has 0 bridgehead atoms. The van der Waals surface area contributed by atoms with E-state index in [1.807, 2.05) is 54.5 Å². The van der Waals surface area contributed by atoms with Crippen LogP contribution in [0.25, 0.3) is 5.69 Å². The summed E-state index contributed by atoms with van der Waals surface area (Å²) in [6.07, 6.45) is 4.00. The summed E-state index contributed by atoms with van der Waals surface area (Å²) in [6, 6.07) is 18.5. The lowest BCUT2D eigenvalue weighted by atomic mass is 10.0. The Hall–Kier alpha value is -3.12. The van der Waals surface area contributed by atoms with Crippen LogP contribution in [0.4, 0.5) is 0 Å². The van der Waals surface area contributed by atoms with Crippen LogP contribution in [0, 0.1) is 6.92 Å². The summed E-state index contributed by atoms with van der Waals surface area (Å²) >= 11 is 0. The first-order valence-corrected chi connectivity index (χ1v) is 9.96. The number of aliphatic imine (C=N–C) groups is 1. The van der Waals surface area contributed by atoms with Crippen molar-refractivity contribution in [3.05, 3.63) is 83.7 Å². The molecule has 2 aromatic carbocycles. The second-order valence-electron chi connectivity index (χ2n) is 7.19. The Morgan fingerprint density at radius 3 is 2.76 bits per heavy atom. The molecule has 150 valence electrons. The quantitative estimate of drug-likeness (QED) is 0.549. The number of nitrogens with one attached hydrogen (secondary N) is 1. The Morgan fingerprint density at radius 2 is 1.97 bits per heavy atom. The predicted molar refractivity (Wildman–Crippen MR) is 115 cm³/mol. The molecule has 0 aliphatic carbocycles. The normalized spacial score (nSPS) is 17.4. The maximum Gasteiger partial charge on any atom is 0.194 e. The van der Waals surface area contributed by atoms with Crippen LogP contribution in [0.3, 0.4) is 0 Å². The molecule has 0 radical (unpaired) electrons. The Labute approximate surface area is 171 Å². The Bertz CT molecular complexity index is 966. The van der Waals surface area contributed by atoms with Crippen LogP contribution in [-0.2, 0) is 11.3 Å². The van der Waals surface area contributed by atoms with Gasteiger partial charge in [-0.05, 0) is 30.2 Å². The SMILES string of the molecule is CN=C(NCc1cnn(-c2ccccc2)c1)N1CCOC(c2ccccc2C)C1. The standard InChI is InChI=1S/C23H27N5O/c1-18-8-6-7-11-21(18)22-17-27(12-13-29-22)23(24-2)25-14-19-15-26-28(16-19)20-9-4-3-5-10-20/h3-11,15-16,22H,12-14,17H2,1-2H3,(H,24,25). The zero-order chi connectivity index (χ0) is 20.1. The van der Waals surface area contributed by atoms with Crippen molar-refractivity contribution < 1.29 is 4.74 Å². The molecule has 1 fully saturated rings. The molecule has 1 atom stereocenters. The monoisotopic (exact) mass is 389 g/mol. The van der Waals surface area contributed by atoms with Gasteiger partial charge in [0.15, 0.2) is 5.96 Å². The highest BCUT2D eigenvalue weighted by atomic mass is 16.5. The molecule has 3 aromatic rings. The number of hydrogen-bond donors (Lipinski definition) is 1. The van der Waals surface area contributed by atoms with E-state index in [1.165, 1.54) is 11.1 Å². The number of rotatable bonds is 4. The molecule has 1 aliphatic rings. The van der Waals surface area contributed by atoms with Crippen molar-refractivity contribution in [1.82, 2.24) is 20.0 Å². The largest absolute Gasteiger partial charge is 0.370 e. The average Bonchev–Trinajstić information content (AvgIpc) is 3.24. The molecule has 0 saturated carbocycles. The van der Waals surface area contributed by atoms with Crippen molar-refractivity contribution >= 4 is 5.96 Å². The minimum atomic E-state index is 0.0596. The number of aromatic nitrogens is 2. The Balaban J connectivity index is 1.39. The highest BCUT2D eigenvalue weighted by Crippen LogP contribution is 2.25. The van der Waals surface area contributed by atoms with Gasteiger partial charge in [0.2, 0.25) is 0 Å². The van der Waals surface area contributed by atoms with Gasteiger partial charge < -0.3 is 15.0 Å². The van der Waals surface area contributed by atoms with Crippen LogP contribution in [0.1, 0.15) is 22.8 Å². The predicted octanol–water partition coefficient (Wildman–Crippen LogP) is 3.33. The van der Waals surface area contributed by atoms with Gasteiger partial charge in [0.05, 0.1) is 25.0 Å². The maximum atomic E-state index is 6.05. The number of nitrogens with zero attached hydrogens (tertiary/aromatic N) is 4. The molecule has 6 nitrogen and oxygen atoms in total. The van der Waals surface area contributed by atoms with E-state index in [2.05, 4.69) is 51.5 Å². The molecule has 1 unspecified atom stereocenters. The highest BCUT2D eigenvalue weighted by molar-refractivity contribution is 5.80. The fourth-order valence-electron chi connectivity index (χ4n) is 3.66. The van der Waals surface area contributed by atoms with Crippen LogP contribution in [-0.4, -0.2) is 47.4 Å². The molecule has 1 saturated heterocycles. The minimum Gasteiger partial charge on any atom is -0.370 e. The fourth-order valence-corrected chi connectivity index (χ4v) is 3.66. The van der Waals surface area contributed by atoms with Gasteiger partial charge in [-0.1, -0.05) is 42.5 Å². The van der Waals surface area contributed by atoms with Gasteiger partial charge in [-0.2, -0.15) is 5.10 Å². The van der Waals surface area contributed by atoms with Gasteiger partial charge in [0.25, 0.3) is 0 Å². The second-order valence-corrected chi connectivity index (χ2v) is 7.19. The highest BCUT2D eigenvalue weighted by Gasteiger charge is 2.25. The van der Waals surface area contributed by atoms with E-state index in [0.717, 1.165) is 30.3 Å².